The molecule has 2 atom stereocenters. The topological polar surface area (TPSA) is 366 Å². The number of nitrogens with zero attached hydrogens (tertiary/aromatic N) is 14. The first kappa shape index (κ1) is 77.7. The van der Waals surface area contributed by atoms with E-state index in [0.717, 1.165) is 12.8 Å². The summed E-state index contributed by atoms with van der Waals surface area (Å²) in [6.07, 6.45) is 15.9. The minimum Gasteiger partial charge on any atom is -0.508 e. The molecule has 556 valence electrons. The highest BCUT2D eigenvalue weighted by molar-refractivity contribution is 7.89. The van der Waals surface area contributed by atoms with Gasteiger partial charge in [0, 0.05) is 101 Å². The Hall–Kier alpha value is -7.95. The summed E-state index contributed by atoms with van der Waals surface area (Å²) < 4.78 is 137. The van der Waals surface area contributed by atoms with Gasteiger partial charge in [0.25, 0.3) is 20.0 Å². The van der Waals surface area contributed by atoms with Crippen LogP contribution in [-0.2, 0) is 70.4 Å². The van der Waals surface area contributed by atoms with Crippen LogP contribution in [0.3, 0.4) is 0 Å². The van der Waals surface area contributed by atoms with Gasteiger partial charge in [-0.2, -0.15) is 28.8 Å². The highest BCUT2D eigenvalue weighted by atomic mass is 35.5. The average molecular weight is 1520 g/mol. The SMILES string of the molecule is CC(C)(C)OP(=O)(OCCl)OC(C)(C)C.Cn1ccc(S(=O)(=O)N2CCC[C@@H](Nc3nccc(-c4c(-c5cccc(O)c5)nc5occn45)n3)C2)n1.Cn1ccc(S(=O)(=O)N2CCC[C@@H](Nc3nccc(-c4c(-c5cccc(OCOP(=O)(OC(C)(C)C)OC(C)(C)C)c5)nc5occn45)n3)C2)n1. The molecule has 37 heteroatoms. The fourth-order valence-corrected chi connectivity index (χ4v) is 17.5. The number of anilines is 2. The number of benzene rings is 2. The van der Waals surface area contributed by atoms with E-state index in [4.69, 9.17) is 67.3 Å². The van der Waals surface area contributed by atoms with Crippen LogP contribution in [0.2, 0.25) is 0 Å². The molecule has 2 fully saturated rings. The van der Waals surface area contributed by atoms with Crippen molar-refractivity contribution in [1.29, 1.82) is 0 Å². The van der Waals surface area contributed by atoms with E-state index in [0.29, 0.717) is 101 Å². The molecule has 0 saturated carbocycles. The van der Waals surface area contributed by atoms with Gasteiger partial charge >= 0.3 is 27.3 Å². The van der Waals surface area contributed by atoms with Crippen molar-refractivity contribution in [2.45, 2.75) is 153 Å². The van der Waals surface area contributed by atoms with Gasteiger partial charge in [0.1, 0.15) is 52.9 Å². The summed E-state index contributed by atoms with van der Waals surface area (Å²) in [7, 11) is -11.6. The number of halogens is 1. The standard InChI is InChI=1S/C33H43N8O8PS.C24H24N8O4S.C9H20ClO4P/c1-32(2,3)48-50(42,49-33(4,5)6)47-22-46-25-12-8-10-23(20-25)28-29(41-18-19-45-31(41)37-28)26-13-15-34-30(36-26)35-24-11-9-16-40(21-24)51(43,44)27-14-17-39(7)38-27;1-30-11-8-20(29-30)37(34,35)31-10-3-5-17(15-31)26-23-25-9-7-19(27-23)22-21(16-4-2-6-18(33)14-16)28-24-32(22)12-13-36-24;1-8(2,3)13-15(11,12-7-10)14-9(4,5)6/h8,10,12-15,17-20,24H,9,11,16,21-22H2,1-7H3,(H,34,35,36);2,4,6-9,11-14,17,33H,3,5,10,15H2,1H3,(H,25,26,27);7H2,1-6H3/t24-;17-;/m11./s1. The summed E-state index contributed by atoms with van der Waals surface area (Å²) >= 11 is 5.39. The number of phosphoric acid groups is 2. The molecule has 0 unspecified atom stereocenters. The predicted octanol–water partition coefficient (Wildman–Crippen LogP) is 12.8. The number of phenolic OH excluding ortho intramolecular Hbond substituents is 1. The van der Waals surface area contributed by atoms with E-state index in [1.807, 2.05) is 12.1 Å². The van der Waals surface area contributed by atoms with Crippen molar-refractivity contribution < 1.29 is 71.8 Å². The van der Waals surface area contributed by atoms with Crippen LogP contribution < -0.4 is 15.4 Å². The first-order valence-corrected chi connectivity index (χ1v) is 39.2. The van der Waals surface area contributed by atoms with Gasteiger partial charge in [-0.1, -0.05) is 35.9 Å². The van der Waals surface area contributed by atoms with Crippen LogP contribution in [0, 0.1) is 0 Å². The third-order valence-electron chi connectivity index (χ3n) is 14.8. The van der Waals surface area contributed by atoms with Crippen molar-refractivity contribution >= 4 is 70.9 Å². The van der Waals surface area contributed by atoms with Gasteiger partial charge in [-0.25, -0.2) is 50.4 Å². The molecular formula is C66H87ClN16O16P2S2. The number of alkyl halides is 1. The van der Waals surface area contributed by atoms with Gasteiger partial charge in [-0.05, 0) is 157 Å². The fourth-order valence-electron chi connectivity index (χ4n) is 10.9. The van der Waals surface area contributed by atoms with Gasteiger partial charge in [0.05, 0.1) is 33.8 Å². The second kappa shape index (κ2) is 31.4. The number of phenols is 1. The summed E-state index contributed by atoms with van der Waals surface area (Å²) in [6.45, 7) is 22.1. The number of rotatable bonds is 22. The largest absolute Gasteiger partial charge is 0.508 e. The highest BCUT2D eigenvalue weighted by Crippen LogP contribution is 2.56. The molecule has 0 amide bonds. The van der Waals surface area contributed by atoms with E-state index in [2.05, 4.69) is 35.8 Å². The molecule has 2 aliphatic heterocycles. The Morgan fingerprint density at radius 1 is 0.573 bits per heavy atom. The third-order valence-corrected chi connectivity index (χ3v) is 22.5. The number of imidazole rings is 2. The highest BCUT2D eigenvalue weighted by Gasteiger charge is 2.40. The van der Waals surface area contributed by atoms with Gasteiger partial charge in [-0.3, -0.25) is 40.8 Å². The first-order chi connectivity index (χ1) is 48.3. The number of hydrogen-bond donors (Lipinski definition) is 3. The van der Waals surface area contributed by atoms with Crippen molar-refractivity contribution in [2.24, 2.45) is 14.1 Å². The van der Waals surface area contributed by atoms with Gasteiger partial charge in [0.2, 0.25) is 11.9 Å². The maximum absolute atomic E-state index is 13.4. The Kier molecular flexibility index (Phi) is 23.7. The number of sulfonamides is 2. The van der Waals surface area contributed by atoms with Crippen molar-refractivity contribution in [3.63, 3.8) is 0 Å². The molecule has 10 heterocycles. The first-order valence-electron chi connectivity index (χ1n) is 32.9. The van der Waals surface area contributed by atoms with Crippen LogP contribution >= 0.6 is 27.2 Å². The number of oxazole rings is 2. The summed E-state index contributed by atoms with van der Waals surface area (Å²) in [5.41, 5.74) is 2.23. The monoisotopic (exact) mass is 1520 g/mol. The van der Waals surface area contributed by atoms with Crippen molar-refractivity contribution in [3.8, 4) is 56.8 Å². The molecule has 2 aromatic carbocycles. The van der Waals surface area contributed by atoms with E-state index in [-0.39, 0.29) is 47.0 Å². The maximum Gasteiger partial charge on any atom is 0.478 e. The Labute approximate surface area is 602 Å². The normalized spacial score (nSPS) is 16.3. The smallest absolute Gasteiger partial charge is 0.478 e. The Balaban J connectivity index is 0.000000191. The summed E-state index contributed by atoms with van der Waals surface area (Å²) in [4.78, 5) is 27.7. The summed E-state index contributed by atoms with van der Waals surface area (Å²) in [5, 5.41) is 24.9. The number of fused-ring (bicyclic) bond motifs is 2. The number of piperidine rings is 2. The minimum absolute atomic E-state index is 0.0207. The quantitative estimate of drug-likeness (QED) is 0.0322. The summed E-state index contributed by atoms with van der Waals surface area (Å²) in [5.74, 6) is 2.01. The predicted molar refractivity (Wildman–Crippen MR) is 384 cm³/mol. The number of nitrogens with one attached hydrogen (secondary N) is 2. The van der Waals surface area contributed by atoms with Crippen molar-refractivity contribution in [3.05, 3.63) is 123 Å². The fraction of sp³-hybridized carbons (Fsp3) is 0.455. The third kappa shape index (κ3) is 20.5. The number of phosphoric ester groups is 2. The molecule has 0 radical (unpaired) electrons. The van der Waals surface area contributed by atoms with Crippen LogP contribution in [0.25, 0.3) is 57.0 Å². The molecule has 0 spiro atoms. The Morgan fingerprint density at radius 3 is 1.41 bits per heavy atom. The molecule has 8 aromatic heterocycles. The Bertz CT molecular complexity index is 4860. The average Bonchev–Trinajstić information content (AvgIpc) is 1.63. The van der Waals surface area contributed by atoms with Gasteiger partial charge in [-0.15, -0.1) is 0 Å². The van der Waals surface area contributed by atoms with Crippen LogP contribution in [0.15, 0.2) is 141 Å². The van der Waals surface area contributed by atoms with E-state index in [1.54, 1.807) is 192 Å². The molecular weight excluding hydrogens is 1430 g/mol. The lowest BCUT2D eigenvalue weighted by molar-refractivity contribution is -0.0190. The zero-order valence-corrected chi connectivity index (χ0v) is 63.9. The second-order valence-corrected chi connectivity index (χ2v) is 35.0. The lowest BCUT2D eigenvalue weighted by atomic mass is 10.1. The number of hydrogen-bond acceptors (Lipinski definition) is 26. The van der Waals surface area contributed by atoms with Crippen molar-refractivity contribution in [2.75, 3.05) is 49.7 Å². The Morgan fingerprint density at radius 2 is 1.00 bits per heavy atom. The molecule has 0 bridgehead atoms. The van der Waals surface area contributed by atoms with E-state index >= 15 is 0 Å². The van der Waals surface area contributed by atoms with Crippen LogP contribution in [-0.4, -0.2) is 162 Å². The number of aryl methyl sites for hydroxylation is 2. The zero-order chi connectivity index (χ0) is 74.5. The molecule has 2 aliphatic rings. The summed E-state index contributed by atoms with van der Waals surface area (Å²) in [6, 6.07) is 19.9. The number of aromatic nitrogens is 12. The molecule has 3 N–H and O–H groups in total. The van der Waals surface area contributed by atoms with Crippen molar-refractivity contribution in [1.82, 2.24) is 66.9 Å². The number of ether oxygens (including phenoxy) is 1. The molecule has 10 aromatic rings. The lowest BCUT2D eigenvalue weighted by Gasteiger charge is -2.31. The van der Waals surface area contributed by atoms with E-state index in [1.165, 1.54) is 42.6 Å². The van der Waals surface area contributed by atoms with Crippen LogP contribution in [0.5, 0.6) is 11.5 Å². The van der Waals surface area contributed by atoms with Gasteiger partial charge < -0.3 is 29.3 Å². The number of aromatic hydroxyl groups is 1. The van der Waals surface area contributed by atoms with E-state index < -0.39 is 64.9 Å². The molecule has 32 nitrogen and oxygen atoms in total. The molecule has 12 rings (SSSR count). The molecule has 103 heavy (non-hydrogen) atoms. The molecule has 2 saturated heterocycles. The molecule has 0 aliphatic carbocycles. The maximum atomic E-state index is 13.4. The van der Waals surface area contributed by atoms with Crippen LogP contribution in [0.1, 0.15) is 109 Å². The second-order valence-electron chi connectivity index (χ2n) is 28.0. The van der Waals surface area contributed by atoms with E-state index in [9.17, 15) is 31.1 Å². The van der Waals surface area contributed by atoms with Gasteiger partial charge in [0.15, 0.2) is 16.8 Å². The lowest BCUT2D eigenvalue weighted by Crippen LogP contribution is -2.45. The zero-order valence-electron chi connectivity index (χ0n) is 59.7. The van der Waals surface area contributed by atoms with Crippen LogP contribution in [0.4, 0.5) is 11.9 Å². The minimum atomic E-state index is -3.98.